The van der Waals surface area contributed by atoms with Crippen molar-refractivity contribution in [3.05, 3.63) is 36.5 Å². The standard InChI is InChI=1S/C12H11N3O/c13-7-10(14)8-16-11-5-1-3-9-4-2-6-15-12(9)11/h1-6,10H,8,14H2. The maximum absolute atomic E-state index is 8.56. The zero-order valence-electron chi connectivity index (χ0n) is 8.63. The van der Waals surface area contributed by atoms with Crippen LogP contribution in [0.25, 0.3) is 10.9 Å². The van der Waals surface area contributed by atoms with Gasteiger partial charge in [-0.15, -0.1) is 0 Å². The van der Waals surface area contributed by atoms with Crippen LogP contribution >= 0.6 is 0 Å². The second-order valence-corrected chi connectivity index (χ2v) is 3.38. The Kier molecular flexibility index (Phi) is 2.99. The normalized spacial score (nSPS) is 12.0. The van der Waals surface area contributed by atoms with Gasteiger partial charge in [0.1, 0.15) is 23.9 Å². The SMILES string of the molecule is N#CC(N)COc1cccc2cccnc12. The van der Waals surface area contributed by atoms with Crippen LogP contribution in [-0.4, -0.2) is 17.6 Å². The second kappa shape index (κ2) is 4.60. The number of hydrogen-bond donors (Lipinski definition) is 1. The Morgan fingerprint density at radius 3 is 3.00 bits per heavy atom. The monoisotopic (exact) mass is 213 g/mol. The number of fused-ring (bicyclic) bond motifs is 1. The van der Waals surface area contributed by atoms with E-state index >= 15 is 0 Å². The van der Waals surface area contributed by atoms with Crippen LogP contribution in [0.2, 0.25) is 0 Å². The molecule has 1 aromatic heterocycles. The Labute approximate surface area is 93.3 Å². The van der Waals surface area contributed by atoms with Gasteiger partial charge in [0.2, 0.25) is 0 Å². The third-order valence-corrected chi connectivity index (χ3v) is 2.18. The molecule has 0 fully saturated rings. The molecular formula is C12H11N3O. The highest BCUT2D eigenvalue weighted by Gasteiger charge is 2.05. The molecule has 0 saturated carbocycles. The summed E-state index contributed by atoms with van der Waals surface area (Å²) in [5.74, 6) is 0.656. The number of hydrogen-bond acceptors (Lipinski definition) is 4. The first kappa shape index (κ1) is 10.4. The molecule has 0 amide bonds. The fraction of sp³-hybridized carbons (Fsp3) is 0.167. The molecule has 80 valence electrons. The van der Waals surface area contributed by atoms with Crippen LogP contribution in [0.3, 0.4) is 0 Å². The van der Waals surface area contributed by atoms with Crippen molar-refractivity contribution < 1.29 is 4.74 Å². The molecule has 0 aliphatic carbocycles. The number of benzene rings is 1. The van der Waals surface area contributed by atoms with Crippen molar-refractivity contribution in [2.75, 3.05) is 6.61 Å². The number of rotatable bonds is 3. The number of nitrogens with two attached hydrogens (primary N) is 1. The molecule has 1 unspecified atom stereocenters. The molecule has 4 heteroatoms. The highest BCUT2D eigenvalue weighted by Crippen LogP contribution is 2.22. The minimum Gasteiger partial charge on any atom is -0.489 e. The van der Waals surface area contributed by atoms with E-state index in [1.807, 2.05) is 36.4 Å². The Morgan fingerprint density at radius 2 is 2.19 bits per heavy atom. The minimum absolute atomic E-state index is 0.173. The lowest BCUT2D eigenvalue weighted by atomic mass is 10.2. The summed E-state index contributed by atoms with van der Waals surface area (Å²) in [7, 11) is 0. The number of ether oxygens (including phenoxy) is 1. The number of para-hydroxylation sites is 1. The molecule has 0 bridgehead atoms. The van der Waals surface area contributed by atoms with Crippen molar-refractivity contribution in [1.29, 1.82) is 5.26 Å². The quantitative estimate of drug-likeness (QED) is 0.837. The van der Waals surface area contributed by atoms with Crippen molar-refractivity contribution >= 4 is 10.9 Å². The highest BCUT2D eigenvalue weighted by atomic mass is 16.5. The molecular weight excluding hydrogens is 202 g/mol. The van der Waals surface area contributed by atoms with Gasteiger partial charge in [-0.25, -0.2) is 0 Å². The zero-order valence-corrected chi connectivity index (χ0v) is 8.63. The van der Waals surface area contributed by atoms with Crippen molar-refractivity contribution in [2.24, 2.45) is 5.73 Å². The van der Waals surface area contributed by atoms with E-state index < -0.39 is 6.04 Å². The van der Waals surface area contributed by atoms with Gasteiger partial charge in [-0.3, -0.25) is 4.98 Å². The average molecular weight is 213 g/mol. The van der Waals surface area contributed by atoms with E-state index in [1.165, 1.54) is 0 Å². The molecule has 1 aromatic carbocycles. The smallest absolute Gasteiger partial charge is 0.145 e. The van der Waals surface area contributed by atoms with Gasteiger partial charge in [-0.2, -0.15) is 5.26 Å². The van der Waals surface area contributed by atoms with Crippen LogP contribution in [0.15, 0.2) is 36.5 Å². The first-order chi connectivity index (χ1) is 7.81. The van der Waals surface area contributed by atoms with Gasteiger partial charge in [-0.05, 0) is 12.1 Å². The van der Waals surface area contributed by atoms with Crippen molar-refractivity contribution in [2.45, 2.75) is 6.04 Å². The van der Waals surface area contributed by atoms with Crippen LogP contribution < -0.4 is 10.5 Å². The van der Waals surface area contributed by atoms with E-state index in [0.717, 1.165) is 10.9 Å². The molecule has 0 saturated heterocycles. The largest absolute Gasteiger partial charge is 0.489 e. The fourth-order valence-electron chi connectivity index (χ4n) is 1.41. The lowest BCUT2D eigenvalue weighted by Gasteiger charge is -2.09. The number of nitriles is 1. The zero-order chi connectivity index (χ0) is 11.4. The van der Waals surface area contributed by atoms with Crippen LogP contribution in [0, 0.1) is 11.3 Å². The molecule has 2 rings (SSSR count). The van der Waals surface area contributed by atoms with Crippen LogP contribution in [-0.2, 0) is 0 Å². The van der Waals surface area contributed by atoms with Gasteiger partial charge in [0.05, 0.1) is 6.07 Å². The molecule has 0 aliphatic rings. The molecule has 0 aliphatic heterocycles. The number of nitrogens with zero attached hydrogens (tertiary/aromatic N) is 2. The number of pyridine rings is 1. The maximum atomic E-state index is 8.56. The Morgan fingerprint density at radius 1 is 1.38 bits per heavy atom. The first-order valence-corrected chi connectivity index (χ1v) is 4.93. The van der Waals surface area contributed by atoms with Gasteiger partial charge in [0.25, 0.3) is 0 Å². The predicted octanol–water partition coefficient (Wildman–Crippen LogP) is 1.46. The van der Waals surface area contributed by atoms with Crippen molar-refractivity contribution in [1.82, 2.24) is 4.98 Å². The highest BCUT2D eigenvalue weighted by molar-refractivity contribution is 5.84. The van der Waals surface area contributed by atoms with E-state index in [0.29, 0.717) is 5.75 Å². The van der Waals surface area contributed by atoms with Gasteiger partial charge in [0.15, 0.2) is 0 Å². The van der Waals surface area contributed by atoms with Crippen LogP contribution in [0.5, 0.6) is 5.75 Å². The van der Waals surface area contributed by atoms with Crippen LogP contribution in [0.1, 0.15) is 0 Å². The average Bonchev–Trinajstić information content (AvgIpc) is 2.35. The van der Waals surface area contributed by atoms with Crippen molar-refractivity contribution in [3.63, 3.8) is 0 Å². The molecule has 16 heavy (non-hydrogen) atoms. The topological polar surface area (TPSA) is 71.9 Å². The Hall–Kier alpha value is -2.12. The van der Waals surface area contributed by atoms with E-state index in [1.54, 1.807) is 6.20 Å². The van der Waals surface area contributed by atoms with Crippen molar-refractivity contribution in [3.8, 4) is 11.8 Å². The van der Waals surface area contributed by atoms with Gasteiger partial charge < -0.3 is 10.5 Å². The molecule has 0 radical (unpaired) electrons. The van der Waals surface area contributed by atoms with E-state index in [2.05, 4.69) is 4.98 Å². The summed E-state index contributed by atoms with van der Waals surface area (Å²) < 4.78 is 5.46. The summed E-state index contributed by atoms with van der Waals surface area (Å²) >= 11 is 0. The third kappa shape index (κ3) is 2.10. The first-order valence-electron chi connectivity index (χ1n) is 4.93. The minimum atomic E-state index is -0.612. The lowest BCUT2D eigenvalue weighted by molar-refractivity contribution is 0.312. The maximum Gasteiger partial charge on any atom is 0.145 e. The summed E-state index contributed by atoms with van der Waals surface area (Å²) in [6.07, 6.45) is 1.71. The summed E-state index contributed by atoms with van der Waals surface area (Å²) in [6, 6.07) is 10.8. The van der Waals surface area contributed by atoms with E-state index in [4.69, 9.17) is 15.7 Å². The molecule has 2 aromatic rings. The molecule has 0 spiro atoms. The van der Waals surface area contributed by atoms with Gasteiger partial charge in [-0.1, -0.05) is 18.2 Å². The lowest BCUT2D eigenvalue weighted by Crippen LogP contribution is -2.25. The number of aromatic nitrogens is 1. The molecule has 4 nitrogen and oxygen atoms in total. The van der Waals surface area contributed by atoms with Gasteiger partial charge >= 0.3 is 0 Å². The summed E-state index contributed by atoms with van der Waals surface area (Å²) in [5, 5.41) is 9.56. The fourth-order valence-corrected chi connectivity index (χ4v) is 1.41. The van der Waals surface area contributed by atoms with E-state index in [-0.39, 0.29) is 6.61 Å². The summed E-state index contributed by atoms with van der Waals surface area (Å²) in [6.45, 7) is 0.173. The molecule has 1 atom stereocenters. The molecule has 2 N–H and O–H groups in total. The third-order valence-electron chi connectivity index (χ3n) is 2.18. The summed E-state index contributed by atoms with van der Waals surface area (Å²) in [5.41, 5.74) is 6.25. The van der Waals surface area contributed by atoms with Gasteiger partial charge in [0, 0.05) is 11.6 Å². The predicted molar refractivity (Wildman–Crippen MR) is 60.8 cm³/mol. The van der Waals surface area contributed by atoms with Crippen LogP contribution in [0.4, 0.5) is 0 Å². The Balaban J connectivity index is 2.28. The molecule has 1 heterocycles. The summed E-state index contributed by atoms with van der Waals surface area (Å²) in [4.78, 5) is 4.24. The van der Waals surface area contributed by atoms with E-state index in [9.17, 15) is 0 Å². The Bertz CT molecular complexity index is 528. The second-order valence-electron chi connectivity index (χ2n) is 3.38.